The first-order chi connectivity index (χ1) is 13.4. The van der Waals surface area contributed by atoms with Crippen molar-refractivity contribution in [2.45, 2.75) is 113 Å². The molecule has 178 valence electrons. The highest BCUT2D eigenvalue weighted by atomic mass is 16.7. The van der Waals surface area contributed by atoms with Gasteiger partial charge in [-0.3, -0.25) is 0 Å². The van der Waals surface area contributed by atoms with Crippen LogP contribution in [0.5, 0.6) is 0 Å². The fraction of sp³-hybridized carbons (Fsp3) is 1.00. The van der Waals surface area contributed by atoms with E-state index in [2.05, 4.69) is 97.6 Å². The van der Waals surface area contributed by atoms with Gasteiger partial charge in [0.1, 0.15) is 21.4 Å². The van der Waals surface area contributed by atoms with Gasteiger partial charge in [0.05, 0.1) is 11.2 Å². The van der Waals surface area contributed by atoms with Crippen molar-refractivity contribution in [1.82, 2.24) is 0 Å². The normalized spacial score (nSPS) is 12.9. The second-order valence-electron chi connectivity index (χ2n) is 12.2. The zero-order chi connectivity index (χ0) is 23.9. The minimum Gasteiger partial charge on any atom is -0.385 e. The Labute approximate surface area is 191 Å². The first-order valence-corrected chi connectivity index (χ1v) is 11.5. The van der Waals surface area contributed by atoms with E-state index in [4.69, 9.17) is 18.9 Å². The second-order valence-corrected chi connectivity index (χ2v) is 12.2. The van der Waals surface area contributed by atoms with Crippen LogP contribution in [0.25, 0.3) is 0 Å². The second kappa shape index (κ2) is 15.7. The number of ether oxygens (including phenoxy) is 4. The van der Waals surface area contributed by atoms with Gasteiger partial charge < -0.3 is 18.9 Å². The molecule has 0 aromatic carbocycles. The number of hydrogen-bond donors (Lipinski definition) is 0. The first kappa shape index (κ1) is 32.2. The molecule has 0 aliphatic carbocycles. The van der Waals surface area contributed by atoms with Crippen molar-refractivity contribution in [3.8, 4) is 0 Å². The summed E-state index contributed by atoms with van der Waals surface area (Å²) in [5.74, 6) is 0. The molecule has 0 amide bonds. The Hall–Kier alpha value is -0.0301. The molecule has 0 heterocycles. The van der Waals surface area contributed by atoms with E-state index in [1.165, 1.54) is 0 Å². The fourth-order valence-electron chi connectivity index (χ4n) is 1.81. The lowest BCUT2D eigenvalue weighted by molar-refractivity contribution is -0.0645. The lowest BCUT2D eigenvalue weighted by atomic mass is 9.56. The Morgan fingerprint density at radius 2 is 0.867 bits per heavy atom. The Balaban J connectivity index is 0. The van der Waals surface area contributed by atoms with Crippen molar-refractivity contribution in [2.24, 2.45) is 10.8 Å². The van der Waals surface area contributed by atoms with Gasteiger partial charge in [-0.2, -0.15) is 0 Å². The molecule has 0 rings (SSSR count). The van der Waals surface area contributed by atoms with Gasteiger partial charge in [0.15, 0.2) is 0 Å². The SMILES string of the molecule is CC(C)(C)CCOCOCCC(C)(C)C.CC(C)(C)OC[B]C[B]COC(C)(C)C. The van der Waals surface area contributed by atoms with Crippen molar-refractivity contribution in [1.29, 1.82) is 0 Å². The predicted molar refractivity (Wildman–Crippen MR) is 133 cm³/mol. The minimum atomic E-state index is -0.0432. The summed E-state index contributed by atoms with van der Waals surface area (Å²) in [5, 5.41) is 0. The molecule has 0 N–H and O–H groups in total. The summed E-state index contributed by atoms with van der Waals surface area (Å²) in [7, 11) is 4.24. The topological polar surface area (TPSA) is 36.9 Å². The molecule has 0 bridgehead atoms. The van der Waals surface area contributed by atoms with Crippen molar-refractivity contribution in [3.05, 3.63) is 0 Å². The molecule has 4 nitrogen and oxygen atoms in total. The fourth-order valence-corrected chi connectivity index (χ4v) is 1.81. The predicted octanol–water partition coefficient (Wildman–Crippen LogP) is 6.17. The maximum Gasteiger partial charge on any atom is 0.146 e. The monoisotopic (exact) mass is 426 g/mol. The van der Waals surface area contributed by atoms with Crippen molar-refractivity contribution >= 4 is 14.6 Å². The highest BCUT2D eigenvalue weighted by Crippen LogP contribution is 2.19. The van der Waals surface area contributed by atoms with Crippen LogP contribution in [0.3, 0.4) is 0 Å². The van der Waals surface area contributed by atoms with E-state index < -0.39 is 0 Å². The molecule has 6 heteroatoms. The highest BCUT2D eigenvalue weighted by molar-refractivity contribution is 6.55. The molecule has 0 aromatic heterocycles. The van der Waals surface area contributed by atoms with E-state index in [-0.39, 0.29) is 11.2 Å². The quantitative estimate of drug-likeness (QED) is 0.213. The van der Waals surface area contributed by atoms with E-state index in [1.54, 1.807) is 0 Å². The number of rotatable bonds is 12. The van der Waals surface area contributed by atoms with Crippen LogP contribution in [0.4, 0.5) is 0 Å². The summed E-state index contributed by atoms with van der Waals surface area (Å²) in [6.07, 6.45) is 3.09. The van der Waals surface area contributed by atoms with Crippen LogP contribution in [0, 0.1) is 10.8 Å². The minimum absolute atomic E-state index is 0.0432. The molecular weight excluding hydrogens is 374 g/mol. The average Bonchev–Trinajstić information content (AvgIpc) is 2.49. The largest absolute Gasteiger partial charge is 0.385 e. The third-order valence-corrected chi connectivity index (χ3v) is 3.76. The third kappa shape index (κ3) is 35.4. The molecule has 0 spiro atoms. The van der Waals surface area contributed by atoms with Crippen LogP contribution < -0.4 is 0 Å². The summed E-state index contributed by atoms with van der Waals surface area (Å²) in [4.78, 5) is 0. The standard InChI is InChI=1S/C13H28O2.C11H24B2O2/c1-12(2,3)7-9-14-11-15-10-8-13(4,5)6;1-10(2,3)14-8-12-7-13-9-15-11(4,5)6/h7-11H2,1-6H3;7-9H2,1-6H3. The molecule has 0 fully saturated rings. The Kier molecular flexibility index (Phi) is 16.8. The van der Waals surface area contributed by atoms with Crippen molar-refractivity contribution < 1.29 is 18.9 Å². The third-order valence-electron chi connectivity index (χ3n) is 3.76. The van der Waals surface area contributed by atoms with E-state index in [0.717, 1.165) is 32.3 Å². The molecule has 0 unspecified atom stereocenters. The number of hydrogen-bond acceptors (Lipinski definition) is 4. The maximum absolute atomic E-state index is 5.56. The van der Waals surface area contributed by atoms with Crippen molar-refractivity contribution in [3.63, 3.8) is 0 Å². The smallest absolute Gasteiger partial charge is 0.146 e. The Morgan fingerprint density at radius 3 is 1.13 bits per heavy atom. The van der Waals surface area contributed by atoms with Gasteiger partial charge in [0.2, 0.25) is 0 Å². The molecule has 0 saturated carbocycles. The molecule has 0 atom stereocenters. The summed E-state index contributed by atoms with van der Waals surface area (Å²) >= 11 is 0. The lowest BCUT2D eigenvalue weighted by Crippen LogP contribution is -2.25. The van der Waals surface area contributed by atoms with Gasteiger partial charge in [-0.05, 0) is 65.2 Å². The molecule has 0 aliphatic rings. The molecular formula is C24H52B2O4. The zero-order valence-electron chi connectivity index (χ0n) is 22.4. The summed E-state index contributed by atoms with van der Waals surface area (Å²) in [5.41, 5.74) is 0.619. The van der Waals surface area contributed by atoms with Crippen LogP contribution in [-0.4, -0.2) is 58.8 Å². The summed E-state index contributed by atoms with van der Waals surface area (Å²) in [6, 6.07) is 0. The van der Waals surface area contributed by atoms with Gasteiger partial charge in [-0.1, -0.05) is 41.5 Å². The lowest BCUT2D eigenvalue weighted by Gasteiger charge is -2.20. The van der Waals surface area contributed by atoms with Crippen LogP contribution in [0.2, 0.25) is 6.22 Å². The average molecular weight is 426 g/mol. The van der Waals surface area contributed by atoms with Crippen molar-refractivity contribution in [2.75, 3.05) is 33.0 Å². The maximum atomic E-state index is 5.56. The molecule has 30 heavy (non-hydrogen) atoms. The molecule has 0 aliphatic heterocycles. The zero-order valence-corrected chi connectivity index (χ0v) is 22.4. The Bertz CT molecular complexity index is 314. The van der Waals surface area contributed by atoms with E-state index >= 15 is 0 Å². The van der Waals surface area contributed by atoms with Gasteiger partial charge in [0, 0.05) is 26.2 Å². The van der Waals surface area contributed by atoms with Gasteiger partial charge in [-0.25, -0.2) is 0 Å². The van der Waals surface area contributed by atoms with E-state index in [9.17, 15) is 0 Å². The van der Waals surface area contributed by atoms with Crippen LogP contribution >= 0.6 is 0 Å². The van der Waals surface area contributed by atoms with Gasteiger partial charge in [0.25, 0.3) is 0 Å². The Morgan fingerprint density at radius 1 is 0.533 bits per heavy atom. The van der Waals surface area contributed by atoms with Crippen LogP contribution in [0.1, 0.15) is 95.9 Å². The van der Waals surface area contributed by atoms with E-state index in [1.807, 2.05) is 0 Å². The summed E-state index contributed by atoms with van der Waals surface area (Å²) in [6.45, 7) is 29.1. The first-order valence-electron chi connectivity index (χ1n) is 11.5. The van der Waals surface area contributed by atoms with Gasteiger partial charge in [-0.15, -0.1) is 6.22 Å². The molecule has 0 saturated heterocycles. The van der Waals surface area contributed by atoms with Gasteiger partial charge >= 0.3 is 0 Å². The highest BCUT2D eigenvalue weighted by Gasteiger charge is 2.12. The molecule has 2 radical (unpaired) electrons. The van der Waals surface area contributed by atoms with Crippen LogP contribution in [-0.2, 0) is 18.9 Å². The molecule has 0 aromatic rings. The van der Waals surface area contributed by atoms with Crippen LogP contribution in [0.15, 0.2) is 0 Å². The summed E-state index contributed by atoms with van der Waals surface area (Å²) < 4.78 is 21.9. The van der Waals surface area contributed by atoms with E-state index in [0.29, 0.717) is 30.6 Å².